The molecule has 0 fully saturated rings. The molecule has 0 aliphatic carbocycles. The molecule has 0 bridgehead atoms. The molecule has 1 aromatic rings. The second-order valence-electron chi connectivity index (χ2n) is 4.76. The Labute approximate surface area is 96.1 Å². The molecule has 0 spiro atoms. The van der Waals surface area contributed by atoms with Gasteiger partial charge in [0.15, 0.2) is 0 Å². The molecule has 1 atom stereocenters. The van der Waals surface area contributed by atoms with Crippen LogP contribution in [-0.2, 0) is 0 Å². The van der Waals surface area contributed by atoms with Gasteiger partial charge in [0.05, 0.1) is 6.04 Å². The first-order chi connectivity index (χ1) is 7.58. The maximum Gasteiger partial charge on any atom is 0.201 e. The summed E-state index contributed by atoms with van der Waals surface area (Å²) in [4.78, 5) is 3.97. The highest BCUT2D eigenvalue weighted by Gasteiger charge is 2.19. The van der Waals surface area contributed by atoms with Crippen LogP contribution in [0, 0.1) is 0 Å². The van der Waals surface area contributed by atoms with Gasteiger partial charge in [-0.25, -0.2) is 0 Å². The highest BCUT2D eigenvalue weighted by atomic mass is 15.6. The van der Waals surface area contributed by atoms with Crippen molar-refractivity contribution in [2.24, 2.45) is 0 Å². The molecule has 1 unspecified atom stereocenters. The highest BCUT2D eigenvalue weighted by Crippen LogP contribution is 2.20. The van der Waals surface area contributed by atoms with Crippen molar-refractivity contribution < 1.29 is 0 Å². The molecule has 0 saturated heterocycles. The minimum absolute atomic E-state index is 0.266. The summed E-state index contributed by atoms with van der Waals surface area (Å²) < 4.78 is 0. The summed E-state index contributed by atoms with van der Waals surface area (Å²) in [6.45, 7) is 7.24. The van der Waals surface area contributed by atoms with E-state index < -0.39 is 0 Å². The number of hydrogen-bond acceptors (Lipinski definition) is 4. The van der Waals surface area contributed by atoms with E-state index in [1.807, 2.05) is 0 Å². The van der Waals surface area contributed by atoms with E-state index in [-0.39, 0.29) is 6.04 Å². The van der Waals surface area contributed by atoms with Gasteiger partial charge in [0.25, 0.3) is 0 Å². The smallest absolute Gasteiger partial charge is 0.201 e. The van der Waals surface area contributed by atoms with Crippen molar-refractivity contribution in [1.82, 2.24) is 25.1 Å². The summed E-state index contributed by atoms with van der Waals surface area (Å²) in [7, 11) is 2.13. The van der Waals surface area contributed by atoms with Crippen LogP contribution < -0.4 is 0 Å². The molecule has 16 heavy (non-hydrogen) atoms. The first-order valence-corrected chi connectivity index (χ1v) is 5.77. The molecule has 5 heteroatoms. The van der Waals surface area contributed by atoms with E-state index in [0.29, 0.717) is 6.04 Å². The van der Waals surface area contributed by atoms with E-state index in [1.165, 1.54) is 5.57 Å². The molecule has 0 saturated carbocycles. The molecule has 0 amide bonds. The van der Waals surface area contributed by atoms with Crippen LogP contribution in [0.1, 0.15) is 39.1 Å². The zero-order valence-corrected chi connectivity index (χ0v) is 10.4. The van der Waals surface area contributed by atoms with Crippen LogP contribution >= 0.6 is 0 Å². The summed E-state index contributed by atoms with van der Waals surface area (Å²) in [6, 6.07) is 0.867. The van der Waals surface area contributed by atoms with Crippen LogP contribution in [0.25, 0.3) is 5.57 Å². The topological polar surface area (TPSA) is 46.8 Å². The quantitative estimate of drug-likeness (QED) is 0.756. The Morgan fingerprint density at radius 3 is 2.75 bits per heavy atom. The fourth-order valence-corrected chi connectivity index (χ4v) is 1.72. The fourth-order valence-electron chi connectivity index (χ4n) is 1.72. The van der Waals surface area contributed by atoms with Crippen molar-refractivity contribution in [1.29, 1.82) is 0 Å². The SMILES string of the molecule is CC1CC=C(c2nnn(C(C)C)n2)CN1C. The maximum atomic E-state index is 4.39. The Kier molecular flexibility index (Phi) is 3.05. The third kappa shape index (κ3) is 2.14. The third-order valence-electron chi connectivity index (χ3n) is 3.05. The van der Waals surface area contributed by atoms with Gasteiger partial charge >= 0.3 is 0 Å². The van der Waals surface area contributed by atoms with Gasteiger partial charge in [-0.2, -0.15) is 4.80 Å². The monoisotopic (exact) mass is 221 g/mol. The van der Waals surface area contributed by atoms with Crippen LogP contribution in [-0.4, -0.2) is 44.7 Å². The van der Waals surface area contributed by atoms with Gasteiger partial charge in [-0.15, -0.1) is 10.2 Å². The van der Waals surface area contributed by atoms with E-state index in [9.17, 15) is 0 Å². The van der Waals surface area contributed by atoms with Gasteiger partial charge in [-0.05, 0) is 39.5 Å². The minimum Gasteiger partial charge on any atom is -0.299 e. The fraction of sp³-hybridized carbons (Fsp3) is 0.727. The van der Waals surface area contributed by atoms with Gasteiger partial charge in [0, 0.05) is 18.2 Å². The normalized spacial score (nSPS) is 22.6. The lowest BCUT2D eigenvalue weighted by atomic mass is 10.0. The Morgan fingerprint density at radius 1 is 1.44 bits per heavy atom. The van der Waals surface area contributed by atoms with Crippen LogP contribution in [0.3, 0.4) is 0 Å². The first kappa shape index (κ1) is 11.3. The first-order valence-electron chi connectivity index (χ1n) is 5.77. The van der Waals surface area contributed by atoms with Crippen LogP contribution in [0.15, 0.2) is 6.08 Å². The molecule has 0 N–H and O–H groups in total. The predicted molar refractivity (Wildman–Crippen MR) is 62.9 cm³/mol. The number of tetrazole rings is 1. The largest absolute Gasteiger partial charge is 0.299 e. The van der Waals surface area contributed by atoms with Gasteiger partial charge in [0.1, 0.15) is 0 Å². The number of aromatic nitrogens is 4. The summed E-state index contributed by atoms with van der Waals surface area (Å²) in [5.74, 6) is 0.771. The summed E-state index contributed by atoms with van der Waals surface area (Å²) in [5, 5.41) is 12.6. The minimum atomic E-state index is 0.266. The molecule has 0 aromatic carbocycles. The number of nitrogens with zero attached hydrogens (tertiary/aromatic N) is 5. The van der Waals surface area contributed by atoms with Gasteiger partial charge in [-0.3, -0.25) is 4.90 Å². The van der Waals surface area contributed by atoms with Crippen molar-refractivity contribution in [2.75, 3.05) is 13.6 Å². The van der Waals surface area contributed by atoms with Gasteiger partial charge < -0.3 is 0 Å². The predicted octanol–water partition coefficient (Wildman–Crippen LogP) is 1.36. The van der Waals surface area contributed by atoms with E-state index >= 15 is 0 Å². The summed E-state index contributed by atoms with van der Waals surface area (Å²) >= 11 is 0. The molecule has 88 valence electrons. The number of rotatable bonds is 2. The lowest BCUT2D eigenvalue weighted by Crippen LogP contribution is -2.33. The second kappa shape index (κ2) is 4.33. The van der Waals surface area contributed by atoms with Gasteiger partial charge in [-0.1, -0.05) is 6.08 Å². The molecular weight excluding hydrogens is 202 g/mol. The maximum absolute atomic E-state index is 4.39. The van der Waals surface area contributed by atoms with Crippen molar-refractivity contribution in [3.8, 4) is 0 Å². The zero-order valence-electron chi connectivity index (χ0n) is 10.4. The van der Waals surface area contributed by atoms with Crippen LogP contribution in [0.4, 0.5) is 0 Å². The molecule has 5 nitrogen and oxygen atoms in total. The molecule has 2 heterocycles. The van der Waals surface area contributed by atoms with Crippen molar-refractivity contribution in [3.63, 3.8) is 0 Å². The van der Waals surface area contributed by atoms with Gasteiger partial charge in [0.2, 0.25) is 5.82 Å². The van der Waals surface area contributed by atoms with Crippen LogP contribution in [0.2, 0.25) is 0 Å². The second-order valence-corrected chi connectivity index (χ2v) is 4.76. The molecule has 2 rings (SSSR count). The van der Waals surface area contributed by atoms with E-state index in [4.69, 9.17) is 0 Å². The number of hydrogen-bond donors (Lipinski definition) is 0. The molecule has 1 aliphatic heterocycles. The average Bonchev–Trinajstić information content (AvgIpc) is 2.71. The average molecular weight is 221 g/mol. The van der Waals surface area contributed by atoms with Crippen LogP contribution in [0.5, 0.6) is 0 Å². The highest BCUT2D eigenvalue weighted by molar-refractivity contribution is 5.61. The van der Waals surface area contributed by atoms with Crippen molar-refractivity contribution in [2.45, 2.75) is 39.3 Å². The zero-order chi connectivity index (χ0) is 11.7. The third-order valence-corrected chi connectivity index (χ3v) is 3.05. The van der Waals surface area contributed by atoms with Crippen molar-refractivity contribution >= 4 is 5.57 Å². The van der Waals surface area contributed by atoms with Crippen molar-refractivity contribution in [3.05, 3.63) is 11.9 Å². The Bertz CT molecular complexity index is 393. The van der Waals surface area contributed by atoms with E-state index in [1.54, 1.807) is 4.80 Å². The molecular formula is C11H19N5. The summed E-state index contributed by atoms with van der Waals surface area (Å²) in [5.41, 5.74) is 1.19. The lowest BCUT2D eigenvalue weighted by Gasteiger charge is -2.28. The molecule has 1 aliphatic rings. The summed E-state index contributed by atoms with van der Waals surface area (Å²) in [6.07, 6.45) is 3.29. The number of likely N-dealkylation sites (N-methyl/N-ethyl adjacent to an activating group) is 1. The Morgan fingerprint density at radius 2 is 2.19 bits per heavy atom. The molecule has 1 aromatic heterocycles. The molecule has 0 radical (unpaired) electrons. The lowest BCUT2D eigenvalue weighted by molar-refractivity contribution is 0.280. The standard InChI is InChI=1S/C11H19N5/c1-8(2)16-13-11(12-14-16)10-6-5-9(3)15(4)7-10/h6,8-9H,5,7H2,1-4H3. The Hall–Kier alpha value is -1.23. The Balaban J connectivity index is 2.18. The van der Waals surface area contributed by atoms with E-state index in [0.717, 1.165) is 18.8 Å². The van der Waals surface area contributed by atoms with E-state index in [2.05, 4.69) is 54.2 Å².